The van der Waals surface area contributed by atoms with Crippen molar-refractivity contribution in [3.63, 3.8) is 0 Å². The Morgan fingerprint density at radius 3 is 2.67 bits per heavy atom. The number of nitrogens with zero attached hydrogens (tertiary/aromatic N) is 1. The highest BCUT2D eigenvalue weighted by atomic mass is 16.5. The van der Waals surface area contributed by atoms with Gasteiger partial charge in [0.25, 0.3) is 0 Å². The topological polar surface area (TPSA) is 68.3 Å². The van der Waals surface area contributed by atoms with Crippen molar-refractivity contribution in [3.8, 4) is 17.6 Å². The third-order valence-electron chi connectivity index (χ3n) is 3.16. The molecule has 4 heteroatoms. The van der Waals surface area contributed by atoms with Crippen LogP contribution in [0.15, 0.2) is 42.5 Å². The van der Waals surface area contributed by atoms with Crippen molar-refractivity contribution in [2.45, 2.75) is 19.6 Å². The van der Waals surface area contributed by atoms with E-state index >= 15 is 0 Å². The van der Waals surface area contributed by atoms with Gasteiger partial charge in [-0.3, -0.25) is 0 Å². The first-order chi connectivity index (χ1) is 10.1. The average molecular weight is 282 g/mol. The summed E-state index contributed by atoms with van der Waals surface area (Å²) in [5.74, 6) is 1.31. The molecule has 2 aromatic rings. The highest BCUT2D eigenvalue weighted by Gasteiger charge is 2.08. The lowest BCUT2D eigenvalue weighted by Gasteiger charge is -2.13. The maximum atomic E-state index is 8.89. The summed E-state index contributed by atoms with van der Waals surface area (Å²) < 4.78 is 11.1. The number of benzene rings is 2. The Hall–Kier alpha value is -2.51. The first kappa shape index (κ1) is 14.9. The van der Waals surface area contributed by atoms with Crippen LogP contribution in [0.5, 0.6) is 11.5 Å². The molecule has 0 saturated carbocycles. The van der Waals surface area contributed by atoms with Crippen molar-refractivity contribution in [3.05, 3.63) is 59.2 Å². The van der Waals surface area contributed by atoms with Crippen LogP contribution in [-0.4, -0.2) is 7.11 Å². The largest absolute Gasteiger partial charge is 0.493 e. The van der Waals surface area contributed by atoms with Gasteiger partial charge in [-0.15, -0.1) is 0 Å². The van der Waals surface area contributed by atoms with Crippen LogP contribution in [0.1, 0.15) is 29.7 Å². The van der Waals surface area contributed by atoms with Crippen LogP contribution in [0.4, 0.5) is 0 Å². The number of methoxy groups -OCH3 is 1. The SMILES string of the molecule is COc1cc(C(C)N)ccc1OCc1cccc(C#N)c1. The van der Waals surface area contributed by atoms with E-state index in [1.54, 1.807) is 13.2 Å². The predicted octanol–water partition coefficient (Wildman–Crippen LogP) is 3.17. The fourth-order valence-corrected chi connectivity index (χ4v) is 1.98. The molecule has 1 unspecified atom stereocenters. The number of hydrogen-bond acceptors (Lipinski definition) is 4. The molecule has 1 atom stereocenters. The van der Waals surface area contributed by atoms with E-state index in [1.807, 2.05) is 43.3 Å². The van der Waals surface area contributed by atoms with Crippen molar-refractivity contribution in [1.82, 2.24) is 0 Å². The van der Waals surface area contributed by atoms with Gasteiger partial charge in [0.2, 0.25) is 0 Å². The smallest absolute Gasteiger partial charge is 0.161 e. The molecule has 0 aromatic heterocycles. The number of nitriles is 1. The van der Waals surface area contributed by atoms with Gasteiger partial charge in [-0.05, 0) is 42.3 Å². The van der Waals surface area contributed by atoms with E-state index in [9.17, 15) is 0 Å². The van der Waals surface area contributed by atoms with Gasteiger partial charge >= 0.3 is 0 Å². The van der Waals surface area contributed by atoms with Crippen LogP contribution in [-0.2, 0) is 6.61 Å². The highest BCUT2D eigenvalue weighted by Crippen LogP contribution is 2.30. The fraction of sp³-hybridized carbons (Fsp3) is 0.235. The van der Waals surface area contributed by atoms with Crippen molar-refractivity contribution < 1.29 is 9.47 Å². The van der Waals surface area contributed by atoms with Gasteiger partial charge < -0.3 is 15.2 Å². The normalized spacial score (nSPS) is 11.5. The van der Waals surface area contributed by atoms with Crippen molar-refractivity contribution in [1.29, 1.82) is 5.26 Å². The van der Waals surface area contributed by atoms with Gasteiger partial charge in [0.1, 0.15) is 6.61 Å². The second kappa shape index (κ2) is 6.78. The van der Waals surface area contributed by atoms with Gasteiger partial charge in [0, 0.05) is 6.04 Å². The van der Waals surface area contributed by atoms with Crippen LogP contribution in [0.25, 0.3) is 0 Å². The second-order valence-corrected chi connectivity index (χ2v) is 4.80. The van der Waals surface area contributed by atoms with Gasteiger partial charge in [-0.1, -0.05) is 18.2 Å². The van der Waals surface area contributed by atoms with Crippen molar-refractivity contribution in [2.24, 2.45) is 5.73 Å². The lowest BCUT2D eigenvalue weighted by Crippen LogP contribution is -2.05. The lowest BCUT2D eigenvalue weighted by atomic mass is 10.1. The standard InChI is InChI=1S/C17H18N2O2/c1-12(19)15-6-7-16(17(9-15)20-2)21-11-14-5-3-4-13(8-14)10-18/h3-9,12H,11,19H2,1-2H3. The minimum Gasteiger partial charge on any atom is -0.493 e. The van der Waals surface area contributed by atoms with Crippen LogP contribution >= 0.6 is 0 Å². The maximum absolute atomic E-state index is 8.89. The monoisotopic (exact) mass is 282 g/mol. The molecule has 4 nitrogen and oxygen atoms in total. The number of rotatable bonds is 5. The maximum Gasteiger partial charge on any atom is 0.161 e. The lowest BCUT2D eigenvalue weighted by molar-refractivity contribution is 0.284. The summed E-state index contributed by atoms with van der Waals surface area (Å²) in [6, 6.07) is 15.1. The van der Waals surface area contributed by atoms with Crippen LogP contribution in [0.3, 0.4) is 0 Å². The van der Waals surface area contributed by atoms with Gasteiger partial charge in [-0.25, -0.2) is 0 Å². The van der Waals surface area contributed by atoms with Crippen LogP contribution in [0.2, 0.25) is 0 Å². The molecule has 2 rings (SSSR count). The van der Waals surface area contributed by atoms with E-state index in [-0.39, 0.29) is 6.04 Å². The van der Waals surface area contributed by atoms with E-state index in [4.69, 9.17) is 20.5 Å². The quantitative estimate of drug-likeness (QED) is 0.914. The number of hydrogen-bond donors (Lipinski definition) is 1. The minimum atomic E-state index is -0.0553. The molecule has 0 aliphatic carbocycles. The van der Waals surface area contributed by atoms with E-state index in [2.05, 4.69) is 6.07 Å². The molecule has 0 radical (unpaired) electrons. The van der Waals surface area contributed by atoms with Gasteiger partial charge in [-0.2, -0.15) is 5.26 Å². The summed E-state index contributed by atoms with van der Waals surface area (Å²) in [5.41, 5.74) is 8.41. The zero-order valence-corrected chi connectivity index (χ0v) is 12.2. The molecule has 0 aliphatic heterocycles. The van der Waals surface area contributed by atoms with E-state index in [1.165, 1.54) is 0 Å². The Kier molecular flexibility index (Phi) is 4.81. The van der Waals surface area contributed by atoms with Crippen LogP contribution in [0, 0.1) is 11.3 Å². The molecule has 0 amide bonds. The molecule has 21 heavy (non-hydrogen) atoms. The number of ether oxygens (including phenoxy) is 2. The molecule has 2 N–H and O–H groups in total. The summed E-state index contributed by atoms with van der Waals surface area (Å²) in [6.07, 6.45) is 0. The summed E-state index contributed by atoms with van der Waals surface area (Å²) in [4.78, 5) is 0. The zero-order valence-electron chi connectivity index (χ0n) is 12.2. The predicted molar refractivity (Wildman–Crippen MR) is 81.1 cm³/mol. The van der Waals surface area contributed by atoms with Crippen LogP contribution < -0.4 is 15.2 Å². The minimum absolute atomic E-state index is 0.0553. The van der Waals surface area contributed by atoms with Gasteiger partial charge in [0.05, 0.1) is 18.7 Å². The Morgan fingerprint density at radius 2 is 2.00 bits per heavy atom. The molecule has 0 spiro atoms. The Labute approximate surface area is 124 Å². The average Bonchev–Trinajstić information content (AvgIpc) is 2.52. The fourth-order valence-electron chi connectivity index (χ4n) is 1.98. The van der Waals surface area contributed by atoms with Crippen molar-refractivity contribution in [2.75, 3.05) is 7.11 Å². The summed E-state index contributed by atoms with van der Waals surface area (Å²) in [5, 5.41) is 8.89. The Morgan fingerprint density at radius 1 is 1.19 bits per heavy atom. The zero-order chi connectivity index (χ0) is 15.2. The molecule has 0 bridgehead atoms. The first-order valence-corrected chi connectivity index (χ1v) is 6.69. The molecule has 0 fully saturated rings. The first-order valence-electron chi connectivity index (χ1n) is 6.69. The molecule has 2 aromatic carbocycles. The summed E-state index contributed by atoms with van der Waals surface area (Å²) in [6.45, 7) is 2.30. The number of nitrogens with two attached hydrogens (primary N) is 1. The van der Waals surface area contributed by atoms with E-state index in [0.29, 0.717) is 23.7 Å². The highest BCUT2D eigenvalue weighted by molar-refractivity contribution is 5.44. The summed E-state index contributed by atoms with van der Waals surface area (Å²) >= 11 is 0. The third-order valence-corrected chi connectivity index (χ3v) is 3.16. The molecule has 0 aliphatic rings. The van der Waals surface area contributed by atoms with E-state index < -0.39 is 0 Å². The molecule has 0 heterocycles. The molecule has 0 saturated heterocycles. The van der Waals surface area contributed by atoms with Gasteiger partial charge in [0.15, 0.2) is 11.5 Å². The molecular weight excluding hydrogens is 264 g/mol. The summed E-state index contributed by atoms with van der Waals surface area (Å²) in [7, 11) is 1.60. The Bertz CT molecular complexity index is 660. The van der Waals surface area contributed by atoms with E-state index in [0.717, 1.165) is 11.1 Å². The Balaban J connectivity index is 2.14. The molecule has 108 valence electrons. The molecular formula is C17H18N2O2. The second-order valence-electron chi connectivity index (χ2n) is 4.80. The third kappa shape index (κ3) is 3.74. The van der Waals surface area contributed by atoms with Crippen molar-refractivity contribution >= 4 is 0 Å².